The third-order valence-corrected chi connectivity index (χ3v) is 5.09. The van der Waals surface area contributed by atoms with E-state index in [0.29, 0.717) is 6.04 Å². The number of likely N-dealkylation sites (tertiary alicyclic amines) is 1. The van der Waals surface area contributed by atoms with Gasteiger partial charge in [0.1, 0.15) is 0 Å². The van der Waals surface area contributed by atoms with E-state index in [9.17, 15) is 0 Å². The van der Waals surface area contributed by atoms with Crippen molar-refractivity contribution in [3.8, 4) is 0 Å². The highest BCUT2D eigenvalue weighted by Gasteiger charge is 2.36. The van der Waals surface area contributed by atoms with Gasteiger partial charge in [0.15, 0.2) is 0 Å². The maximum Gasteiger partial charge on any atom is 0.0247 e. The van der Waals surface area contributed by atoms with Crippen LogP contribution >= 0.6 is 0 Å². The van der Waals surface area contributed by atoms with Crippen LogP contribution in [0.1, 0.15) is 43.6 Å². The van der Waals surface area contributed by atoms with Gasteiger partial charge < -0.3 is 5.73 Å². The number of nitrogens with two attached hydrogens (primary N) is 1. The predicted octanol–water partition coefficient (Wildman–Crippen LogP) is 2.99. The topological polar surface area (TPSA) is 29.3 Å². The minimum Gasteiger partial charge on any atom is -0.329 e. The maximum absolute atomic E-state index is 6.06. The van der Waals surface area contributed by atoms with Crippen LogP contribution in [-0.2, 0) is 0 Å². The molecule has 0 radical (unpaired) electrons. The molecule has 0 spiro atoms. The number of rotatable bonds is 4. The molecule has 1 heterocycles. The SMILES string of the molecule is NCC(C1CCCCC1)N1CC(c2ccccc2)C1. The average Bonchev–Trinajstić information content (AvgIpc) is 2.44. The highest BCUT2D eigenvalue weighted by atomic mass is 15.2. The standard InChI is InChI=1S/C17H26N2/c18-11-17(15-9-5-2-6-10-15)19-12-16(13-19)14-7-3-1-4-8-14/h1,3-4,7-8,15-17H,2,5-6,9-13,18H2. The van der Waals surface area contributed by atoms with Crippen LogP contribution in [0.15, 0.2) is 30.3 Å². The molecule has 1 saturated carbocycles. The molecule has 2 fully saturated rings. The van der Waals surface area contributed by atoms with E-state index in [-0.39, 0.29) is 0 Å². The lowest BCUT2D eigenvalue weighted by Crippen LogP contribution is -2.56. The van der Waals surface area contributed by atoms with E-state index in [2.05, 4.69) is 35.2 Å². The van der Waals surface area contributed by atoms with Crippen LogP contribution in [0.5, 0.6) is 0 Å². The largest absolute Gasteiger partial charge is 0.329 e. The summed E-state index contributed by atoms with van der Waals surface area (Å²) in [6, 6.07) is 11.6. The molecule has 1 unspecified atom stereocenters. The molecule has 2 nitrogen and oxygen atoms in total. The van der Waals surface area contributed by atoms with Crippen molar-refractivity contribution in [1.29, 1.82) is 0 Å². The molecule has 2 N–H and O–H groups in total. The summed E-state index contributed by atoms with van der Waals surface area (Å²) in [5, 5.41) is 0. The summed E-state index contributed by atoms with van der Waals surface area (Å²) in [7, 11) is 0. The zero-order chi connectivity index (χ0) is 13.1. The van der Waals surface area contributed by atoms with Gasteiger partial charge in [0.2, 0.25) is 0 Å². The summed E-state index contributed by atoms with van der Waals surface area (Å²) in [4.78, 5) is 2.63. The van der Waals surface area contributed by atoms with Gasteiger partial charge in [-0.3, -0.25) is 4.90 Å². The Morgan fingerprint density at radius 1 is 1.05 bits per heavy atom. The lowest BCUT2D eigenvalue weighted by molar-refractivity contribution is 0.0488. The normalized spacial score (nSPS) is 24.1. The van der Waals surface area contributed by atoms with Gasteiger partial charge in [-0.2, -0.15) is 0 Å². The summed E-state index contributed by atoms with van der Waals surface area (Å²) in [5.41, 5.74) is 7.55. The van der Waals surface area contributed by atoms with Gasteiger partial charge in [0, 0.05) is 31.6 Å². The molecule has 2 heteroatoms. The molecule has 104 valence electrons. The van der Waals surface area contributed by atoms with Crippen LogP contribution in [0.4, 0.5) is 0 Å². The van der Waals surface area contributed by atoms with E-state index in [1.807, 2.05) is 0 Å². The number of benzene rings is 1. The van der Waals surface area contributed by atoms with Crippen molar-refractivity contribution < 1.29 is 0 Å². The second kappa shape index (κ2) is 6.06. The lowest BCUT2D eigenvalue weighted by atomic mass is 9.80. The lowest BCUT2D eigenvalue weighted by Gasteiger charge is -2.47. The maximum atomic E-state index is 6.06. The van der Waals surface area contributed by atoms with Gasteiger partial charge in [-0.15, -0.1) is 0 Å². The predicted molar refractivity (Wildman–Crippen MR) is 80.2 cm³/mol. The Bertz CT molecular complexity index is 378. The molecule has 1 atom stereocenters. The van der Waals surface area contributed by atoms with Crippen molar-refractivity contribution in [2.75, 3.05) is 19.6 Å². The quantitative estimate of drug-likeness (QED) is 0.899. The van der Waals surface area contributed by atoms with Crippen LogP contribution in [0, 0.1) is 5.92 Å². The van der Waals surface area contributed by atoms with Gasteiger partial charge in [0.05, 0.1) is 0 Å². The molecule has 1 aromatic carbocycles. The number of hydrogen-bond donors (Lipinski definition) is 1. The first kappa shape index (κ1) is 13.1. The molecule has 0 amide bonds. The Balaban J connectivity index is 1.56. The van der Waals surface area contributed by atoms with E-state index in [1.54, 1.807) is 0 Å². The van der Waals surface area contributed by atoms with E-state index >= 15 is 0 Å². The Morgan fingerprint density at radius 3 is 2.37 bits per heavy atom. The zero-order valence-corrected chi connectivity index (χ0v) is 11.8. The summed E-state index contributed by atoms with van der Waals surface area (Å²) in [6.07, 6.45) is 7.05. The van der Waals surface area contributed by atoms with Crippen molar-refractivity contribution in [2.45, 2.75) is 44.1 Å². The Labute approximate surface area is 117 Å². The molecule has 19 heavy (non-hydrogen) atoms. The molecular weight excluding hydrogens is 232 g/mol. The van der Waals surface area contributed by atoms with Gasteiger partial charge in [-0.1, -0.05) is 49.6 Å². The molecule has 2 aliphatic rings. The third kappa shape index (κ3) is 2.85. The van der Waals surface area contributed by atoms with Crippen LogP contribution in [0.25, 0.3) is 0 Å². The summed E-state index contributed by atoms with van der Waals surface area (Å²) in [6.45, 7) is 3.26. The Morgan fingerprint density at radius 2 is 1.74 bits per heavy atom. The van der Waals surface area contributed by atoms with E-state index in [4.69, 9.17) is 5.73 Å². The van der Waals surface area contributed by atoms with Crippen molar-refractivity contribution in [2.24, 2.45) is 11.7 Å². The van der Waals surface area contributed by atoms with Crippen LogP contribution in [0.3, 0.4) is 0 Å². The highest BCUT2D eigenvalue weighted by Crippen LogP contribution is 2.34. The smallest absolute Gasteiger partial charge is 0.0247 e. The van der Waals surface area contributed by atoms with Crippen LogP contribution < -0.4 is 5.73 Å². The fourth-order valence-corrected chi connectivity index (χ4v) is 3.88. The molecule has 1 aliphatic carbocycles. The van der Waals surface area contributed by atoms with Crippen LogP contribution in [-0.4, -0.2) is 30.6 Å². The molecule has 0 aromatic heterocycles. The van der Waals surface area contributed by atoms with E-state index < -0.39 is 0 Å². The Kier molecular flexibility index (Phi) is 4.19. The average molecular weight is 258 g/mol. The molecule has 3 rings (SSSR count). The summed E-state index contributed by atoms with van der Waals surface area (Å²) >= 11 is 0. The molecule has 1 saturated heterocycles. The molecular formula is C17H26N2. The van der Waals surface area contributed by atoms with Gasteiger partial charge >= 0.3 is 0 Å². The van der Waals surface area contributed by atoms with Gasteiger partial charge in [0.25, 0.3) is 0 Å². The van der Waals surface area contributed by atoms with E-state index in [0.717, 1.165) is 18.4 Å². The van der Waals surface area contributed by atoms with E-state index in [1.165, 1.54) is 50.8 Å². The second-order valence-corrected chi connectivity index (χ2v) is 6.26. The van der Waals surface area contributed by atoms with Crippen molar-refractivity contribution in [1.82, 2.24) is 4.90 Å². The number of hydrogen-bond acceptors (Lipinski definition) is 2. The fourth-order valence-electron chi connectivity index (χ4n) is 3.88. The van der Waals surface area contributed by atoms with Crippen molar-refractivity contribution >= 4 is 0 Å². The Hall–Kier alpha value is -0.860. The van der Waals surface area contributed by atoms with Gasteiger partial charge in [-0.05, 0) is 24.3 Å². The van der Waals surface area contributed by atoms with Crippen molar-refractivity contribution in [3.63, 3.8) is 0 Å². The molecule has 1 aliphatic heterocycles. The monoisotopic (exact) mass is 258 g/mol. The summed E-state index contributed by atoms with van der Waals surface area (Å²) < 4.78 is 0. The molecule has 0 bridgehead atoms. The zero-order valence-electron chi connectivity index (χ0n) is 11.8. The summed E-state index contributed by atoms with van der Waals surface area (Å²) in [5.74, 6) is 1.59. The van der Waals surface area contributed by atoms with Crippen LogP contribution in [0.2, 0.25) is 0 Å². The van der Waals surface area contributed by atoms with Gasteiger partial charge in [-0.25, -0.2) is 0 Å². The molecule has 1 aromatic rings. The minimum atomic E-state index is 0.639. The first-order valence-electron chi connectivity index (χ1n) is 7.87. The fraction of sp³-hybridized carbons (Fsp3) is 0.647. The van der Waals surface area contributed by atoms with Crippen molar-refractivity contribution in [3.05, 3.63) is 35.9 Å². The first-order valence-corrected chi connectivity index (χ1v) is 7.87. The first-order chi connectivity index (χ1) is 9.38. The minimum absolute atomic E-state index is 0.639. The second-order valence-electron chi connectivity index (χ2n) is 6.26. The number of nitrogens with zero attached hydrogens (tertiary/aromatic N) is 1. The third-order valence-electron chi connectivity index (χ3n) is 5.09. The highest BCUT2D eigenvalue weighted by molar-refractivity contribution is 5.23.